The lowest BCUT2D eigenvalue weighted by atomic mass is 9.81. The quantitative estimate of drug-likeness (QED) is 0.244. The number of rotatable bonds is 1. The van der Waals surface area contributed by atoms with Gasteiger partial charge in [0.15, 0.2) is 11.5 Å². The lowest BCUT2D eigenvalue weighted by Crippen LogP contribution is -2.15. The number of hydrogen-bond acceptors (Lipinski definition) is 1. The third-order valence-electron chi connectivity index (χ3n) is 7.99. The monoisotopic (exact) mass is 449 g/mol. The molecule has 0 N–H and O–H groups in total. The summed E-state index contributed by atoms with van der Waals surface area (Å²) in [6.45, 7) is 4.66. The van der Waals surface area contributed by atoms with Gasteiger partial charge >= 0.3 is 0 Å². The van der Waals surface area contributed by atoms with E-state index in [-0.39, 0.29) is 5.41 Å². The summed E-state index contributed by atoms with van der Waals surface area (Å²) in [5, 5.41) is 2.49. The first kappa shape index (κ1) is 19.1. The molecular weight excluding hydrogens is 426 g/mol. The normalized spacial score (nSPS) is 14.5. The first-order valence-corrected chi connectivity index (χ1v) is 12.2. The number of para-hydroxylation sites is 2. The van der Waals surface area contributed by atoms with Crippen LogP contribution in [0.15, 0.2) is 103 Å². The van der Waals surface area contributed by atoms with Gasteiger partial charge in [-0.1, -0.05) is 92.7 Å². The smallest absolute Gasteiger partial charge is 0.159 e. The van der Waals surface area contributed by atoms with Crippen molar-refractivity contribution in [2.45, 2.75) is 19.3 Å². The predicted molar refractivity (Wildman–Crippen MR) is 144 cm³/mol. The van der Waals surface area contributed by atoms with Gasteiger partial charge in [-0.2, -0.15) is 0 Å². The predicted octanol–water partition coefficient (Wildman–Crippen LogP) is 8.86. The SMILES string of the molecule is CC1(C)c2cc(-c3ccccc3)ccc2-c2c1ccc1c2Oc2cccc3c4ccccc4n-1c23. The van der Waals surface area contributed by atoms with Crippen LogP contribution in [0.3, 0.4) is 0 Å². The molecule has 0 radical (unpaired) electrons. The van der Waals surface area contributed by atoms with Gasteiger partial charge in [0.25, 0.3) is 0 Å². The minimum absolute atomic E-state index is 0.112. The Morgan fingerprint density at radius 2 is 1.46 bits per heavy atom. The second kappa shape index (κ2) is 6.43. The zero-order valence-electron chi connectivity index (χ0n) is 19.7. The van der Waals surface area contributed by atoms with Gasteiger partial charge in [-0.25, -0.2) is 0 Å². The molecule has 0 fully saturated rings. The van der Waals surface area contributed by atoms with E-state index in [2.05, 4.69) is 122 Å². The fourth-order valence-corrected chi connectivity index (χ4v) is 6.30. The van der Waals surface area contributed by atoms with Gasteiger partial charge in [-0.05, 0) is 52.1 Å². The molecule has 0 spiro atoms. The number of fused-ring (bicyclic) bond motifs is 9. The number of benzene rings is 5. The van der Waals surface area contributed by atoms with E-state index < -0.39 is 0 Å². The zero-order valence-corrected chi connectivity index (χ0v) is 19.7. The Labute approximate surface area is 204 Å². The minimum atomic E-state index is -0.112. The Hall–Kier alpha value is -4.30. The van der Waals surface area contributed by atoms with E-state index in [1.165, 1.54) is 49.7 Å². The molecule has 0 saturated heterocycles. The third-order valence-corrected chi connectivity index (χ3v) is 7.99. The molecule has 0 amide bonds. The molecule has 0 atom stereocenters. The molecule has 2 nitrogen and oxygen atoms in total. The van der Waals surface area contributed by atoms with E-state index in [9.17, 15) is 0 Å². The molecule has 2 heteroatoms. The highest BCUT2D eigenvalue weighted by atomic mass is 16.5. The van der Waals surface area contributed by atoms with Gasteiger partial charge in [-0.15, -0.1) is 0 Å². The van der Waals surface area contributed by atoms with Crippen molar-refractivity contribution in [2.75, 3.05) is 0 Å². The van der Waals surface area contributed by atoms with Crippen molar-refractivity contribution in [1.29, 1.82) is 0 Å². The van der Waals surface area contributed by atoms with Crippen molar-refractivity contribution in [3.63, 3.8) is 0 Å². The average molecular weight is 450 g/mol. The van der Waals surface area contributed by atoms with Crippen molar-refractivity contribution in [2.24, 2.45) is 0 Å². The summed E-state index contributed by atoms with van der Waals surface area (Å²) in [6.07, 6.45) is 0. The summed E-state index contributed by atoms with van der Waals surface area (Å²) in [7, 11) is 0. The number of aromatic nitrogens is 1. The van der Waals surface area contributed by atoms with Crippen LogP contribution in [-0.2, 0) is 5.41 Å². The molecule has 1 aliphatic carbocycles. The van der Waals surface area contributed by atoms with Crippen LogP contribution >= 0.6 is 0 Å². The summed E-state index contributed by atoms with van der Waals surface area (Å²) in [5.41, 5.74) is 11.0. The van der Waals surface area contributed by atoms with E-state index in [0.717, 1.165) is 22.7 Å². The molecule has 1 aliphatic heterocycles. The van der Waals surface area contributed by atoms with E-state index in [1.54, 1.807) is 0 Å². The maximum atomic E-state index is 6.77. The van der Waals surface area contributed by atoms with Gasteiger partial charge in [0.1, 0.15) is 0 Å². The molecule has 2 heterocycles. The Kier molecular flexibility index (Phi) is 3.50. The van der Waals surface area contributed by atoms with E-state index >= 15 is 0 Å². The Balaban J connectivity index is 1.43. The average Bonchev–Trinajstić information content (AvgIpc) is 3.36. The van der Waals surface area contributed by atoms with Crippen molar-refractivity contribution >= 4 is 21.8 Å². The highest BCUT2D eigenvalue weighted by Gasteiger charge is 2.40. The fraction of sp³-hybridized carbons (Fsp3) is 0.0909. The van der Waals surface area contributed by atoms with Crippen molar-refractivity contribution in [3.8, 4) is 39.4 Å². The van der Waals surface area contributed by atoms with Crippen LogP contribution < -0.4 is 4.74 Å². The first-order chi connectivity index (χ1) is 17.1. The lowest BCUT2D eigenvalue weighted by molar-refractivity contribution is 0.477. The maximum absolute atomic E-state index is 6.77. The van der Waals surface area contributed by atoms with Gasteiger partial charge < -0.3 is 9.30 Å². The minimum Gasteiger partial charge on any atom is -0.452 e. The van der Waals surface area contributed by atoms with Crippen LogP contribution in [0.4, 0.5) is 0 Å². The Morgan fingerprint density at radius 3 is 2.34 bits per heavy atom. The molecule has 6 aromatic rings. The summed E-state index contributed by atoms with van der Waals surface area (Å²) in [4.78, 5) is 0. The van der Waals surface area contributed by atoms with Crippen LogP contribution in [0.25, 0.3) is 49.7 Å². The van der Waals surface area contributed by atoms with E-state index in [0.29, 0.717) is 0 Å². The summed E-state index contributed by atoms with van der Waals surface area (Å²) in [6, 6.07) is 37.2. The van der Waals surface area contributed by atoms with Crippen LogP contribution in [0.2, 0.25) is 0 Å². The molecular formula is C33H23NO. The summed E-state index contributed by atoms with van der Waals surface area (Å²) < 4.78 is 9.16. The van der Waals surface area contributed by atoms with Crippen molar-refractivity contribution in [3.05, 3.63) is 114 Å². The third kappa shape index (κ3) is 2.34. The van der Waals surface area contributed by atoms with Crippen molar-refractivity contribution in [1.82, 2.24) is 4.57 Å². The molecule has 0 saturated carbocycles. The molecule has 0 bridgehead atoms. The molecule has 35 heavy (non-hydrogen) atoms. The maximum Gasteiger partial charge on any atom is 0.159 e. The Bertz CT molecular complexity index is 1840. The van der Waals surface area contributed by atoms with Gasteiger partial charge in [-0.3, -0.25) is 0 Å². The second-order valence-electron chi connectivity index (χ2n) is 10.2. The standard InChI is InChI=1S/C33H23NO/c1-33(2)25-17-18-28-32(30(25)24-16-15-21(19-26(24)33)20-9-4-3-5-10-20)35-29-14-8-12-23-22-11-6-7-13-27(22)34(28)31(23)29/h3-19H,1-2H3. The molecule has 166 valence electrons. The second-order valence-corrected chi connectivity index (χ2v) is 10.2. The van der Waals surface area contributed by atoms with E-state index in [1.807, 2.05) is 0 Å². The topological polar surface area (TPSA) is 14.2 Å². The molecule has 1 aromatic heterocycles. The number of ether oxygens (including phenoxy) is 1. The van der Waals surface area contributed by atoms with Crippen molar-refractivity contribution < 1.29 is 4.74 Å². The molecule has 2 aliphatic rings. The highest BCUT2D eigenvalue weighted by Crippen LogP contribution is 2.57. The molecule has 0 unspecified atom stereocenters. The zero-order chi connectivity index (χ0) is 23.3. The summed E-state index contributed by atoms with van der Waals surface area (Å²) >= 11 is 0. The van der Waals surface area contributed by atoms with Crippen LogP contribution in [0, 0.1) is 0 Å². The van der Waals surface area contributed by atoms with Gasteiger partial charge in [0, 0.05) is 21.8 Å². The van der Waals surface area contributed by atoms with E-state index in [4.69, 9.17) is 4.74 Å². The first-order valence-electron chi connectivity index (χ1n) is 12.2. The highest BCUT2D eigenvalue weighted by molar-refractivity contribution is 6.12. The number of nitrogens with zero attached hydrogens (tertiary/aromatic N) is 1. The lowest BCUT2D eigenvalue weighted by Gasteiger charge is -2.25. The summed E-state index contributed by atoms with van der Waals surface area (Å²) in [5.74, 6) is 1.88. The molecule has 5 aromatic carbocycles. The van der Waals surface area contributed by atoms with Crippen LogP contribution in [0.5, 0.6) is 11.5 Å². The number of hydrogen-bond donors (Lipinski definition) is 0. The molecule has 8 rings (SSSR count). The van der Waals surface area contributed by atoms with Gasteiger partial charge in [0.2, 0.25) is 0 Å². The van der Waals surface area contributed by atoms with Crippen LogP contribution in [0.1, 0.15) is 25.0 Å². The van der Waals surface area contributed by atoms with Gasteiger partial charge in [0.05, 0.1) is 16.7 Å². The fourth-order valence-electron chi connectivity index (χ4n) is 6.30. The Morgan fingerprint density at radius 1 is 0.657 bits per heavy atom. The largest absolute Gasteiger partial charge is 0.452 e. The van der Waals surface area contributed by atoms with Crippen LogP contribution in [-0.4, -0.2) is 4.57 Å².